The summed E-state index contributed by atoms with van der Waals surface area (Å²) in [7, 11) is 1.60. The quantitative estimate of drug-likeness (QED) is 0.617. The highest BCUT2D eigenvalue weighted by atomic mass is 19.1. The molecule has 2 aromatic heterocycles. The van der Waals surface area contributed by atoms with Crippen LogP contribution in [-0.2, 0) is 5.41 Å². The number of nitrogens with zero attached hydrogens (tertiary/aromatic N) is 4. The molecule has 9 heteroatoms. The minimum Gasteiger partial charge on any atom is -0.368 e. The number of nitrogens with one attached hydrogen (secondary N) is 2. The molecule has 1 aliphatic heterocycles. The van der Waals surface area contributed by atoms with Gasteiger partial charge in [-0.15, -0.1) is 0 Å². The van der Waals surface area contributed by atoms with Crippen LogP contribution in [0.25, 0.3) is 10.9 Å². The van der Waals surface area contributed by atoms with Crippen molar-refractivity contribution in [3.05, 3.63) is 64.2 Å². The van der Waals surface area contributed by atoms with E-state index in [1.807, 2.05) is 6.07 Å². The zero-order valence-electron chi connectivity index (χ0n) is 19.1. The molecule has 2 N–H and O–H groups in total. The number of amides is 1. The fourth-order valence-electron chi connectivity index (χ4n) is 6.18. The molecular formula is C25H27FN6O2. The summed E-state index contributed by atoms with van der Waals surface area (Å²) in [5, 5.41) is 2.90. The Labute approximate surface area is 196 Å². The molecule has 0 radical (unpaired) electrons. The van der Waals surface area contributed by atoms with Gasteiger partial charge >= 0.3 is 0 Å². The summed E-state index contributed by atoms with van der Waals surface area (Å²) in [5.41, 5.74) is 1.69. The van der Waals surface area contributed by atoms with Gasteiger partial charge in [-0.05, 0) is 55.5 Å². The van der Waals surface area contributed by atoms with Gasteiger partial charge in [0, 0.05) is 44.7 Å². The van der Waals surface area contributed by atoms with Crippen molar-refractivity contribution in [3.8, 4) is 0 Å². The number of piperazine rings is 1. The number of carbonyl (C=O) groups excluding carboxylic acids is 1. The number of pyridine rings is 1. The van der Waals surface area contributed by atoms with Gasteiger partial charge in [0.15, 0.2) is 0 Å². The summed E-state index contributed by atoms with van der Waals surface area (Å²) in [5.74, 6) is 0.776. The molecule has 1 amide bonds. The number of hydrogen-bond donors (Lipinski definition) is 2. The third-order valence-corrected chi connectivity index (χ3v) is 7.98. The summed E-state index contributed by atoms with van der Waals surface area (Å²) in [6.45, 7) is 3.76. The molecule has 3 aromatic rings. The van der Waals surface area contributed by atoms with Gasteiger partial charge in [0.25, 0.3) is 11.5 Å². The number of H-pyrrole nitrogens is 1. The maximum atomic E-state index is 13.5. The third-order valence-electron chi connectivity index (χ3n) is 7.98. The standard InChI is InChI=1S/C25H27FN6O2/c1-27-23(34)20-5-3-17(14-28-20)31-6-8-32(9-7-31)21-13-25(11-15(21)12-25)24-29-19-4-2-16(26)10-18(19)22(33)30-24/h2-5,10,14-15,21H,6-9,11-13H2,1H3,(H,27,34)(H,29,30,33). The van der Waals surface area contributed by atoms with Gasteiger partial charge in [0.1, 0.15) is 17.3 Å². The van der Waals surface area contributed by atoms with Gasteiger partial charge in [-0.2, -0.15) is 0 Å². The Kier molecular flexibility index (Phi) is 4.91. The van der Waals surface area contributed by atoms with Crippen molar-refractivity contribution in [3.63, 3.8) is 0 Å². The molecule has 1 unspecified atom stereocenters. The molecule has 7 rings (SSSR count). The summed E-state index contributed by atoms with van der Waals surface area (Å²) in [6, 6.07) is 8.43. The number of anilines is 1. The Morgan fingerprint density at radius 1 is 1.15 bits per heavy atom. The zero-order chi connectivity index (χ0) is 23.4. The van der Waals surface area contributed by atoms with Crippen LogP contribution in [0.2, 0.25) is 0 Å². The van der Waals surface area contributed by atoms with E-state index in [1.165, 1.54) is 12.1 Å². The average molecular weight is 463 g/mol. The minimum atomic E-state index is -0.423. The average Bonchev–Trinajstić information content (AvgIpc) is 3.42. The second-order valence-corrected chi connectivity index (χ2v) is 9.80. The Morgan fingerprint density at radius 2 is 1.94 bits per heavy atom. The lowest BCUT2D eigenvalue weighted by atomic mass is 9.69. The van der Waals surface area contributed by atoms with Crippen LogP contribution in [-0.4, -0.2) is 65.0 Å². The molecule has 3 saturated carbocycles. The number of carbonyl (C=O) groups is 1. The Hall–Kier alpha value is -3.33. The second-order valence-electron chi connectivity index (χ2n) is 9.80. The Balaban J connectivity index is 1.13. The van der Waals surface area contributed by atoms with Gasteiger partial charge in [0.2, 0.25) is 0 Å². The largest absolute Gasteiger partial charge is 0.368 e. The van der Waals surface area contributed by atoms with E-state index in [0.717, 1.165) is 57.0 Å². The number of halogens is 1. The van der Waals surface area contributed by atoms with Crippen LogP contribution in [0.3, 0.4) is 0 Å². The van der Waals surface area contributed by atoms with E-state index in [1.54, 1.807) is 25.4 Å². The molecule has 3 aliphatic carbocycles. The lowest BCUT2D eigenvalue weighted by Gasteiger charge is -2.41. The van der Waals surface area contributed by atoms with Crippen molar-refractivity contribution in [1.82, 2.24) is 25.2 Å². The van der Waals surface area contributed by atoms with E-state index in [9.17, 15) is 14.0 Å². The molecule has 8 nitrogen and oxygen atoms in total. The molecular weight excluding hydrogens is 435 g/mol. The van der Waals surface area contributed by atoms with Crippen LogP contribution in [0.1, 0.15) is 35.6 Å². The molecule has 1 atom stereocenters. The van der Waals surface area contributed by atoms with Crippen molar-refractivity contribution < 1.29 is 9.18 Å². The normalized spacial score (nSPS) is 26.5. The SMILES string of the molecule is CNC(=O)c1ccc(N2CCN(C3CC4(c5nc6ccc(F)cc6c(=O)[nH]5)CC3C4)CC2)cn1. The van der Waals surface area contributed by atoms with Gasteiger partial charge in [0.05, 0.1) is 22.8 Å². The van der Waals surface area contributed by atoms with E-state index >= 15 is 0 Å². The van der Waals surface area contributed by atoms with E-state index in [0.29, 0.717) is 28.6 Å². The number of aromatic nitrogens is 3. The second kappa shape index (κ2) is 7.87. The number of rotatable bonds is 4. The van der Waals surface area contributed by atoms with Crippen LogP contribution in [0.15, 0.2) is 41.3 Å². The minimum absolute atomic E-state index is 0.0756. The molecule has 2 bridgehead atoms. The summed E-state index contributed by atoms with van der Waals surface area (Å²) < 4.78 is 13.5. The zero-order valence-corrected chi connectivity index (χ0v) is 19.1. The first-order valence-electron chi connectivity index (χ1n) is 11.8. The molecule has 1 saturated heterocycles. The number of aromatic amines is 1. The van der Waals surface area contributed by atoms with Crippen LogP contribution in [0, 0.1) is 11.7 Å². The number of hydrogen-bond acceptors (Lipinski definition) is 6. The van der Waals surface area contributed by atoms with Crippen molar-refractivity contribution in [1.29, 1.82) is 0 Å². The Morgan fingerprint density at radius 3 is 2.65 bits per heavy atom. The fraction of sp³-hybridized carbons (Fsp3) is 0.440. The van der Waals surface area contributed by atoms with E-state index in [2.05, 4.69) is 25.1 Å². The number of benzene rings is 1. The highest BCUT2D eigenvalue weighted by Gasteiger charge is 2.59. The summed E-state index contributed by atoms with van der Waals surface area (Å²) >= 11 is 0. The molecule has 1 aromatic carbocycles. The number of fused-ring (bicyclic) bond motifs is 2. The van der Waals surface area contributed by atoms with Gasteiger partial charge in [-0.1, -0.05) is 0 Å². The fourth-order valence-corrected chi connectivity index (χ4v) is 6.18. The highest BCUT2D eigenvalue weighted by molar-refractivity contribution is 5.92. The van der Waals surface area contributed by atoms with Crippen molar-refractivity contribution in [2.45, 2.75) is 30.7 Å². The van der Waals surface area contributed by atoms with Crippen molar-refractivity contribution in [2.24, 2.45) is 5.92 Å². The first-order valence-corrected chi connectivity index (χ1v) is 11.8. The molecule has 3 heterocycles. The molecule has 0 spiro atoms. The van der Waals surface area contributed by atoms with E-state index in [4.69, 9.17) is 4.98 Å². The van der Waals surface area contributed by atoms with Gasteiger partial charge in [-0.25, -0.2) is 14.4 Å². The molecule has 176 valence electrons. The van der Waals surface area contributed by atoms with Crippen molar-refractivity contribution >= 4 is 22.5 Å². The van der Waals surface area contributed by atoms with Gasteiger partial charge in [-0.3, -0.25) is 14.5 Å². The monoisotopic (exact) mass is 462 g/mol. The third kappa shape index (κ3) is 3.37. The lowest BCUT2D eigenvalue weighted by Crippen LogP contribution is -2.51. The van der Waals surface area contributed by atoms with Crippen LogP contribution in [0.4, 0.5) is 10.1 Å². The van der Waals surface area contributed by atoms with Crippen LogP contribution < -0.4 is 15.8 Å². The first kappa shape index (κ1) is 21.2. The topological polar surface area (TPSA) is 94.2 Å². The summed E-state index contributed by atoms with van der Waals surface area (Å²) in [4.78, 5) is 41.2. The molecule has 4 aliphatic rings. The lowest BCUT2D eigenvalue weighted by molar-refractivity contribution is 0.0958. The predicted octanol–water partition coefficient (Wildman–Crippen LogP) is 2.06. The smallest absolute Gasteiger partial charge is 0.269 e. The predicted molar refractivity (Wildman–Crippen MR) is 127 cm³/mol. The molecule has 34 heavy (non-hydrogen) atoms. The van der Waals surface area contributed by atoms with Crippen LogP contribution in [0.5, 0.6) is 0 Å². The molecule has 4 fully saturated rings. The summed E-state index contributed by atoms with van der Waals surface area (Å²) in [6.07, 6.45) is 4.85. The Bertz CT molecular complexity index is 1310. The maximum absolute atomic E-state index is 13.5. The van der Waals surface area contributed by atoms with E-state index < -0.39 is 5.82 Å². The van der Waals surface area contributed by atoms with Crippen LogP contribution >= 0.6 is 0 Å². The van der Waals surface area contributed by atoms with E-state index in [-0.39, 0.29) is 16.9 Å². The van der Waals surface area contributed by atoms with Crippen molar-refractivity contribution in [2.75, 3.05) is 38.1 Å². The highest BCUT2D eigenvalue weighted by Crippen LogP contribution is 2.60. The van der Waals surface area contributed by atoms with Gasteiger partial charge < -0.3 is 15.2 Å². The maximum Gasteiger partial charge on any atom is 0.269 e. The first-order chi connectivity index (χ1) is 16.5.